The van der Waals surface area contributed by atoms with Crippen LogP contribution >= 0.6 is 0 Å². The van der Waals surface area contributed by atoms with E-state index in [4.69, 9.17) is 0 Å². The number of nitrogens with zero attached hydrogens (tertiary/aromatic N) is 6. The maximum atomic E-state index is 4.34. The van der Waals surface area contributed by atoms with E-state index < -0.39 is 0 Å². The zero-order valence-electron chi connectivity index (χ0n) is 11.4. The average molecular weight is 269 g/mol. The zero-order chi connectivity index (χ0) is 13.9. The van der Waals surface area contributed by atoms with E-state index in [-0.39, 0.29) is 0 Å². The minimum atomic E-state index is 0.688. The molecule has 7 nitrogen and oxygen atoms in total. The molecule has 0 aromatic carbocycles. The molecule has 0 fully saturated rings. The second kappa shape index (κ2) is 5.12. The highest BCUT2D eigenvalue weighted by Crippen LogP contribution is 2.17. The summed E-state index contributed by atoms with van der Waals surface area (Å²) in [6, 6.07) is 3.86. The Hall–Kier alpha value is -2.70. The molecule has 7 heteroatoms. The number of hydrogen-bond acceptors (Lipinski definition) is 5. The summed E-state index contributed by atoms with van der Waals surface area (Å²) in [5.74, 6) is 0.728. The lowest BCUT2D eigenvalue weighted by Crippen LogP contribution is -2.06. The number of aryl methyl sites for hydroxylation is 2. The van der Waals surface area contributed by atoms with Gasteiger partial charge in [0.15, 0.2) is 5.82 Å². The van der Waals surface area contributed by atoms with Crippen molar-refractivity contribution >= 4 is 5.69 Å². The van der Waals surface area contributed by atoms with E-state index in [2.05, 4.69) is 25.5 Å². The summed E-state index contributed by atoms with van der Waals surface area (Å²) in [7, 11) is 1.92. The first-order valence-electron chi connectivity index (χ1n) is 6.27. The van der Waals surface area contributed by atoms with Crippen LogP contribution in [0, 0.1) is 6.92 Å². The van der Waals surface area contributed by atoms with E-state index in [1.165, 1.54) is 6.33 Å². The van der Waals surface area contributed by atoms with Gasteiger partial charge in [0, 0.05) is 31.5 Å². The SMILES string of the molecule is Cc1nn(C)cc1CNc1cccnc1-n1cncn1. The Balaban J connectivity index is 1.83. The Kier molecular flexibility index (Phi) is 3.16. The average Bonchev–Trinajstić information content (AvgIpc) is 3.07. The molecule has 3 heterocycles. The largest absolute Gasteiger partial charge is 0.378 e. The van der Waals surface area contributed by atoms with Gasteiger partial charge in [0.05, 0.1) is 11.4 Å². The Labute approximate surface area is 116 Å². The standard InChI is InChI=1S/C13H15N7/c1-10-11(7-19(2)18-10)6-16-12-4-3-5-15-13(12)20-9-14-8-17-20/h3-5,7-9,16H,6H2,1-2H3. The lowest BCUT2D eigenvalue weighted by Gasteiger charge is -2.09. The van der Waals surface area contributed by atoms with Gasteiger partial charge in [0.25, 0.3) is 0 Å². The van der Waals surface area contributed by atoms with Crippen LogP contribution in [0.15, 0.2) is 37.2 Å². The quantitative estimate of drug-likeness (QED) is 0.773. The highest BCUT2D eigenvalue weighted by molar-refractivity contribution is 5.56. The Morgan fingerprint density at radius 2 is 2.25 bits per heavy atom. The highest BCUT2D eigenvalue weighted by Gasteiger charge is 2.08. The maximum absolute atomic E-state index is 4.34. The van der Waals surface area contributed by atoms with Gasteiger partial charge in [-0.2, -0.15) is 10.2 Å². The van der Waals surface area contributed by atoms with Crippen molar-refractivity contribution in [1.29, 1.82) is 0 Å². The highest BCUT2D eigenvalue weighted by atomic mass is 15.3. The van der Waals surface area contributed by atoms with Crippen LogP contribution in [-0.4, -0.2) is 29.5 Å². The zero-order valence-corrected chi connectivity index (χ0v) is 11.4. The van der Waals surface area contributed by atoms with Crippen LogP contribution in [0.2, 0.25) is 0 Å². The molecule has 3 rings (SSSR count). The molecule has 0 radical (unpaired) electrons. The number of rotatable bonds is 4. The molecule has 3 aromatic heterocycles. The van der Waals surface area contributed by atoms with Crippen molar-refractivity contribution in [2.24, 2.45) is 7.05 Å². The van der Waals surface area contributed by atoms with Gasteiger partial charge in [-0.05, 0) is 19.1 Å². The molecule has 0 unspecified atom stereocenters. The second-order valence-corrected chi connectivity index (χ2v) is 4.48. The predicted molar refractivity (Wildman–Crippen MR) is 74.4 cm³/mol. The molecule has 0 aliphatic heterocycles. The van der Waals surface area contributed by atoms with Gasteiger partial charge in [-0.25, -0.2) is 14.6 Å². The first kappa shape index (κ1) is 12.3. The Morgan fingerprint density at radius 1 is 1.35 bits per heavy atom. The molecule has 20 heavy (non-hydrogen) atoms. The number of anilines is 1. The fraction of sp³-hybridized carbons (Fsp3) is 0.231. The van der Waals surface area contributed by atoms with Crippen LogP contribution in [0.1, 0.15) is 11.3 Å². The van der Waals surface area contributed by atoms with Crippen LogP contribution in [0.5, 0.6) is 0 Å². The summed E-state index contributed by atoms with van der Waals surface area (Å²) in [5.41, 5.74) is 3.08. The van der Waals surface area contributed by atoms with Crippen LogP contribution < -0.4 is 5.32 Å². The van der Waals surface area contributed by atoms with Gasteiger partial charge in [0.1, 0.15) is 12.7 Å². The fourth-order valence-electron chi connectivity index (χ4n) is 2.05. The first-order chi connectivity index (χ1) is 9.74. The monoisotopic (exact) mass is 269 g/mol. The molecule has 3 aromatic rings. The van der Waals surface area contributed by atoms with Crippen LogP contribution in [0.4, 0.5) is 5.69 Å². The van der Waals surface area contributed by atoms with Crippen molar-refractivity contribution in [2.45, 2.75) is 13.5 Å². The number of nitrogens with one attached hydrogen (secondary N) is 1. The normalized spacial score (nSPS) is 10.7. The molecule has 0 saturated heterocycles. The molecule has 0 atom stereocenters. The van der Waals surface area contributed by atoms with Gasteiger partial charge in [-0.15, -0.1) is 0 Å². The van der Waals surface area contributed by atoms with E-state index >= 15 is 0 Å². The number of hydrogen-bond donors (Lipinski definition) is 1. The number of pyridine rings is 1. The summed E-state index contributed by atoms with van der Waals surface area (Å²) < 4.78 is 3.45. The number of aromatic nitrogens is 6. The molecule has 102 valence electrons. The molecule has 0 aliphatic rings. The van der Waals surface area contributed by atoms with Crippen molar-refractivity contribution in [3.05, 3.63) is 48.4 Å². The van der Waals surface area contributed by atoms with E-state index in [0.717, 1.165) is 22.8 Å². The third kappa shape index (κ3) is 2.37. The van der Waals surface area contributed by atoms with E-state index in [0.29, 0.717) is 6.54 Å². The Bertz CT molecular complexity index is 699. The molecule has 0 bridgehead atoms. The van der Waals surface area contributed by atoms with E-state index in [1.54, 1.807) is 17.2 Å². The van der Waals surface area contributed by atoms with Crippen molar-refractivity contribution in [3.8, 4) is 5.82 Å². The lowest BCUT2D eigenvalue weighted by atomic mass is 10.2. The van der Waals surface area contributed by atoms with Gasteiger partial charge < -0.3 is 5.32 Å². The third-order valence-electron chi connectivity index (χ3n) is 3.01. The molecular formula is C13H15N7. The topological polar surface area (TPSA) is 73.5 Å². The summed E-state index contributed by atoms with van der Waals surface area (Å²) in [6.07, 6.45) is 6.86. The van der Waals surface area contributed by atoms with Crippen molar-refractivity contribution in [3.63, 3.8) is 0 Å². The summed E-state index contributed by atoms with van der Waals surface area (Å²) >= 11 is 0. The predicted octanol–water partition coefficient (Wildman–Crippen LogP) is 1.32. The molecule has 0 saturated carbocycles. The molecule has 1 N–H and O–H groups in total. The second-order valence-electron chi connectivity index (χ2n) is 4.48. The van der Waals surface area contributed by atoms with Gasteiger partial charge in [0.2, 0.25) is 0 Å². The minimum Gasteiger partial charge on any atom is -0.378 e. The van der Waals surface area contributed by atoms with Gasteiger partial charge in [-0.3, -0.25) is 4.68 Å². The van der Waals surface area contributed by atoms with Gasteiger partial charge in [-0.1, -0.05) is 0 Å². The summed E-state index contributed by atoms with van der Waals surface area (Å²) in [4.78, 5) is 8.28. The first-order valence-corrected chi connectivity index (χ1v) is 6.27. The molecular weight excluding hydrogens is 254 g/mol. The molecule has 0 amide bonds. The van der Waals surface area contributed by atoms with E-state index in [9.17, 15) is 0 Å². The lowest BCUT2D eigenvalue weighted by molar-refractivity contribution is 0.756. The van der Waals surface area contributed by atoms with E-state index in [1.807, 2.05) is 37.0 Å². The molecule has 0 aliphatic carbocycles. The summed E-state index contributed by atoms with van der Waals surface area (Å²) in [6.45, 7) is 2.69. The van der Waals surface area contributed by atoms with Crippen LogP contribution in [-0.2, 0) is 13.6 Å². The fourth-order valence-corrected chi connectivity index (χ4v) is 2.05. The Morgan fingerprint density at radius 3 is 2.95 bits per heavy atom. The minimum absolute atomic E-state index is 0.688. The van der Waals surface area contributed by atoms with Crippen molar-refractivity contribution in [2.75, 3.05) is 5.32 Å². The van der Waals surface area contributed by atoms with Crippen molar-refractivity contribution < 1.29 is 0 Å². The van der Waals surface area contributed by atoms with Gasteiger partial charge >= 0.3 is 0 Å². The summed E-state index contributed by atoms with van der Waals surface area (Å²) in [5, 5.41) is 11.8. The van der Waals surface area contributed by atoms with Crippen LogP contribution in [0.3, 0.4) is 0 Å². The maximum Gasteiger partial charge on any atom is 0.178 e. The third-order valence-corrected chi connectivity index (χ3v) is 3.01. The molecule has 0 spiro atoms. The smallest absolute Gasteiger partial charge is 0.178 e. The van der Waals surface area contributed by atoms with Crippen LogP contribution in [0.25, 0.3) is 5.82 Å². The van der Waals surface area contributed by atoms with Crippen molar-refractivity contribution in [1.82, 2.24) is 29.5 Å².